The van der Waals surface area contributed by atoms with Crippen molar-refractivity contribution in [3.05, 3.63) is 77.0 Å². The Morgan fingerprint density at radius 1 is 1.09 bits per heavy atom. The molecule has 0 saturated carbocycles. The first-order valence-electron chi connectivity index (χ1n) is 11.9. The molecule has 0 spiro atoms. The van der Waals surface area contributed by atoms with Crippen LogP contribution in [-0.4, -0.2) is 50.3 Å². The van der Waals surface area contributed by atoms with Crippen molar-refractivity contribution in [3.8, 4) is 5.75 Å². The van der Waals surface area contributed by atoms with Gasteiger partial charge in [-0.3, -0.25) is 4.90 Å². The van der Waals surface area contributed by atoms with Gasteiger partial charge in [-0.15, -0.1) is 0 Å². The van der Waals surface area contributed by atoms with Crippen LogP contribution in [0.25, 0.3) is 0 Å². The summed E-state index contributed by atoms with van der Waals surface area (Å²) >= 11 is 0. The molecular weight excluding hydrogens is 430 g/mol. The predicted molar refractivity (Wildman–Crippen MR) is 130 cm³/mol. The molecule has 0 unspecified atom stereocenters. The largest absolute Gasteiger partial charge is 0.497 e. The molecule has 4 rings (SSSR count). The smallest absolute Gasteiger partial charge is 0.338 e. The summed E-state index contributed by atoms with van der Waals surface area (Å²) in [5.74, 6) is 0.886. The zero-order chi connectivity index (χ0) is 23.9. The Morgan fingerprint density at radius 2 is 1.85 bits per heavy atom. The molecule has 2 aliphatic heterocycles. The lowest BCUT2D eigenvalue weighted by atomic mass is 9.89. The number of esters is 1. The van der Waals surface area contributed by atoms with Crippen molar-refractivity contribution in [3.63, 3.8) is 0 Å². The first-order chi connectivity index (χ1) is 16.6. The van der Waals surface area contributed by atoms with E-state index in [4.69, 9.17) is 9.47 Å². The van der Waals surface area contributed by atoms with Crippen LogP contribution in [0.3, 0.4) is 0 Å². The normalized spacial score (nSPS) is 19.4. The van der Waals surface area contributed by atoms with Gasteiger partial charge in [-0.1, -0.05) is 42.5 Å². The van der Waals surface area contributed by atoms with Gasteiger partial charge in [0.2, 0.25) is 0 Å². The number of piperidine rings is 1. The predicted octanol–water partition coefficient (Wildman–Crippen LogP) is 3.82. The SMILES string of the molecule is CCOC(=O)C1=C(CN2CCC(Cc3ccccc3)CC2)NC(=O)N[C@H]1c1cccc(OC)c1. The Labute approximate surface area is 201 Å². The second-order valence-electron chi connectivity index (χ2n) is 8.83. The molecule has 2 heterocycles. The van der Waals surface area contributed by atoms with Crippen molar-refractivity contribution in [2.45, 2.75) is 32.2 Å². The van der Waals surface area contributed by atoms with E-state index in [1.54, 1.807) is 14.0 Å². The minimum Gasteiger partial charge on any atom is -0.497 e. The fraction of sp³-hybridized carbons (Fsp3) is 0.407. The average Bonchev–Trinajstić information content (AvgIpc) is 2.85. The summed E-state index contributed by atoms with van der Waals surface area (Å²) in [6.07, 6.45) is 3.26. The molecule has 34 heavy (non-hydrogen) atoms. The molecule has 2 N–H and O–H groups in total. The maximum Gasteiger partial charge on any atom is 0.338 e. The molecule has 1 fully saturated rings. The number of amides is 2. The number of methoxy groups -OCH3 is 1. The number of hydrogen-bond donors (Lipinski definition) is 2. The lowest BCUT2D eigenvalue weighted by Crippen LogP contribution is -2.49. The van der Waals surface area contributed by atoms with E-state index in [1.807, 2.05) is 30.3 Å². The molecule has 0 aliphatic carbocycles. The average molecular weight is 464 g/mol. The number of nitrogens with zero attached hydrogens (tertiary/aromatic N) is 1. The van der Waals surface area contributed by atoms with Gasteiger partial charge in [-0.2, -0.15) is 0 Å². The Balaban J connectivity index is 1.52. The highest BCUT2D eigenvalue weighted by Crippen LogP contribution is 2.31. The monoisotopic (exact) mass is 463 g/mol. The number of rotatable bonds is 8. The number of urea groups is 1. The van der Waals surface area contributed by atoms with Crippen LogP contribution in [0.5, 0.6) is 5.75 Å². The van der Waals surface area contributed by atoms with Gasteiger partial charge >= 0.3 is 12.0 Å². The molecule has 1 atom stereocenters. The third kappa shape index (κ3) is 5.78. The lowest BCUT2D eigenvalue weighted by molar-refractivity contribution is -0.139. The lowest BCUT2D eigenvalue weighted by Gasteiger charge is -2.35. The van der Waals surface area contributed by atoms with E-state index in [2.05, 4.69) is 39.8 Å². The molecule has 7 heteroatoms. The van der Waals surface area contributed by atoms with Crippen LogP contribution in [0, 0.1) is 5.92 Å². The third-order valence-electron chi connectivity index (χ3n) is 6.53. The second-order valence-corrected chi connectivity index (χ2v) is 8.83. The number of likely N-dealkylation sites (tertiary alicyclic amines) is 1. The van der Waals surface area contributed by atoms with Crippen LogP contribution in [-0.2, 0) is 16.0 Å². The molecule has 0 aromatic heterocycles. The molecule has 0 bridgehead atoms. The number of nitrogens with one attached hydrogen (secondary N) is 2. The van der Waals surface area contributed by atoms with Gasteiger partial charge < -0.3 is 20.1 Å². The zero-order valence-electron chi connectivity index (χ0n) is 19.9. The molecule has 2 aromatic rings. The minimum atomic E-state index is -0.603. The zero-order valence-corrected chi connectivity index (χ0v) is 19.9. The topological polar surface area (TPSA) is 79.9 Å². The standard InChI is InChI=1S/C27H33N3O4/c1-3-34-26(31)24-23(28-27(32)29-25(24)21-10-7-11-22(17-21)33-2)18-30-14-12-20(13-15-30)16-19-8-5-4-6-9-19/h4-11,17,20,25H,3,12-16,18H2,1-2H3,(H2,28,29,32)/t25-/m0/s1. The molecule has 180 valence electrons. The van der Waals surface area contributed by atoms with Crippen molar-refractivity contribution >= 4 is 12.0 Å². The van der Waals surface area contributed by atoms with Gasteiger partial charge in [-0.25, -0.2) is 9.59 Å². The first-order valence-corrected chi connectivity index (χ1v) is 11.9. The van der Waals surface area contributed by atoms with Crippen LogP contribution in [0.4, 0.5) is 4.79 Å². The van der Waals surface area contributed by atoms with E-state index in [9.17, 15) is 9.59 Å². The van der Waals surface area contributed by atoms with Crippen LogP contribution >= 0.6 is 0 Å². The van der Waals surface area contributed by atoms with Crippen LogP contribution in [0.15, 0.2) is 65.9 Å². The number of benzene rings is 2. The molecule has 1 saturated heterocycles. The van der Waals surface area contributed by atoms with E-state index < -0.39 is 12.0 Å². The number of carbonyl (C=O) groups is 2. The second kappa shape index (κ2) is 11.2. The first kappa shape index (κ1) is 23.8. The highest BCUT2D eigenvalue weighted by molar-refractivity contribution is 5.95. The minimum absolute atomic E-state index is 0.263. The van der Waals surface area contributed by atoms with Crippen LogP contribution in [0.1, 0.15) is 36.9 Å². The van der Waals surface area contributed by atoms with E-state index in [1.165, 1.54) is 5.56 Å². The summed E-state index contributed by atoms with van der Waals surface area (Å²) in [5, 5.41) is 5.78. The van der Waals surface area contributed by atoms with Crippen molar-refractivity contribution in [2.24, 2.45) is 5.92 Å². The molecule has 2 amide bonds. The van der Waals surface area contributed by atoms with Crippen LogP contribution in [0.2, 0.25) is 0 Å². The van der Waals surface area contributed by atoms with Crippen LogP contribution < -0.4 is 15.4 Å². The highest BCUT2D eigenvalue weighted by Gasteiger charge is 2.35. The maximum atomic E-state index is 13.0. The van der Waals surface area contributed by atoms with E-state index in [0.717, 1.165) is 37.9 Å². The van der Waals surface area contributed by atoms with Gasteiger partial charge in [-0.05, 0) is 68.5 Å². The number of carbonyl (C=O) groups excluding carboxylic acids is 2. The fourth-order valence-electron chi connectivity index (χ4n) is 4.78. The quantitative estimate of drug-likeness (QED) is 0.582. The van der Waals surface area contributed by atoms with Gasteiger partial charge in [0, 0.05) is 12.2 Å². The summed E-state index contributed by atoms with van der Waals surface area (Å²) in [5.41, 5.74) is 3.20. The van der Waals surface area contributed by atoms with Gasteiger partial charge in [0.15, 0.2) is 0 Å². The summed E-state index contributed by atoms with van der Waals surface area (Å²) < 4.78 is 10.7. The Morgan fingerprint density at radius 3 is 2.56 bits per heavy atom. The third-order valence-corrected chi connectivity index (χ3v) is 6.53. The van der Waals surface area contributed by atoms with Gasteiger partial charge in [0.05, 0.1) is 25.3 Å². The van der Waals surface area contributed by atoms with Gasteiger partial charge in [0.25, 0.3) is 0 Å². The molecule has 7 nitrogen and oxygen atoms in total. The fourth-order valence-corrected chi connectivity index (χ4v) is 4.78. The van der Waals surface area contributed by atoms with Crippen molar-refractivity contribution in [2.75, 3.05) is 33.4 Å². The van der Waals surface area contributed by atoms with E-state index in [0.29, 0.717) is 29.5 Å². The Bertz CT molecular complexity index is 1030. The highest BCUT2D eigenvalue weighted by atomic mass is 16.5. The maximum absolute atomic E-state index is 13.0. The van der Waals surface area contributed by atoms with E-state index in [-0.39, 0.29) is 12.6 Å². The molecule has 2 aliphatic rings. The summed E-state index contributed by atoms with van der Waals surface area (Å²) in [7, 11) is 1.59. The Kier molecular flexibility index (Phi) is 7.85. The molecular formula is C27H33N3O4. The van der Waals surface area contributed by atoms with E-state index >= 15 is 0 Å². The molecule has 2 aromatic carbocycles. The number of hydrogen-bond acceptors (Lipinski definition) is 5. The summed E-state index contributed by atoms with van der Waals surface area (Å²) in [6, 6.07) is 17.1. The van der Waals surface area contributed by atoms with Crippen molar-refractivity contribution < 1.29 is 19.1 Å². The summed E-state index contributed by atoms with van der Waals surface area (Å²) in [6.45, 7) is 4.39. The Hall–Kier alpha value is -3.32. The molecule has 0 radical (unpaired) electrons. The van der Waals surface area contributed by atoms with Crippen molar-refractivity contribution in [1.29, 1.82) is 0 Å². The van der Waals surface area contributed by atoms with Gasteiger partial charge in [0.1, 0.15) is 5.75 Å². The van der Waals surface area contributed by atoms with Crippen molar-refractivity contribution in [1.82, 2.24) is 15.5 Å². The number of ether oxygens (including phenoxy) is 2. The summed E-state index contributed by atoms with van der Waals surface area (Å²) in [4.78, 5) is 27.9.